The second-order valence-electron chi connectivity index (χ2n) is 5.77. The highest BCUT2D eigenvalue weighted by molar-refractivity contribution is 7.98. The number of tetrazole rings is 1. The van der Waals surface area contributed by atoms with Crippen LogP contribution in [0.5, 0.6) is 0 Å². The number of benzene rings is 2. The molecule has 0 unspecified atom stereocenters. The summed E-state index contributed by atoms with van der Waals surface area (Å²) in [6.45, 7) is 0. The number of aromatic amines is 1. The van der Waals surface area contributed by atoms with Gasteiger partial charge in [0.15, 0.2) is 20.8 Å². The Morgan fingerprint density at radius 1 is 1.19 bits per heavy atom. The van der Waals surface area contributed by atoms with E-state index in [1.807, 2.05) is 12.1 Å². The van der Waals surface area contributed by atoms with Gasteiger partial charge in [0.05, 0.1) is 27.4 Å². The van der Waals surface area contributed by atoms with Crippen molar-refractivity contribution in [3.8, 4) is 5.69 Å². The Kier molecular flexibility index (Phi) is 4.62. The first-order valence-corrected chi connectivity index (χ1v) is 11.0. The van der Waals surface area contributed by atoms with Crippen LogP contribution in [0.3, 0.4) is 0 Å². The van der Waals surface area contributed by atoms with Crippen LogP contribution in [0, 0.1) is 0 Å². The smallest absolute Gasteiger partial charge is 0.175 e. The predicted molar refractivity (Wildman–Crippen MR) is 103 cm³/mol. The number of fused-ring (bicyclic) bond motifs is 1. The highest BCUT2D eigenvalue weighted by Crippen LogP contribution is 2.25. The summed E-state index contributed by atoms with van der Waals surface area (Å²) in [4.78, 5) is 7.95. The van der Waals surface area contributed by atoms with Gasteiger partial charge in [-0.25, -0.2) is 13.4 Å². The zero-order chi connectivity index (χ0) is 19.0. The quantitative estimate of drug-likeness (QED) is 0.494. The van der Waals surface area contributed by atoms with Crippen LogP contribution >= 0.6 is 23.4 Å². The Balaban J connectivity index is 1.55. The number of nitrogens with one attached hydrogen (secondary N) is 1. The molecule has 1 N–H and O–H groups in total. The van der Waals surface area contributed by atoms with Crippen molar-refractivity contribution < 1.29 is 8.42 Å². The summed E-state index contributed by atoms with van der Waals surface area (Å²) in [5.41, 5.74) is 2.37. The number of hydrogen-bond acceptors (Lipinski definition) is 7. The predicted octanol–water partition coefficient (Wildman–Crippen LogP) is 2.89. The average Bonchev–Trinajstić information content (AvgIpc) is 3.25. The zero-order valence-electron chi connectivity index (χ0n) is 14.0. The van der Waals surface area contributed by atoms with Crippen LogP contribution in [0.4, 0.5) is 0 Å². The minimum atomic E-state index is -3.25. The molecule has 0 radical (unpaired) electrons. The average molecular weight is 421 g/mol. The number of halogens is 1. The van der Waals surface area contributed by atoms with Gasteiger partial charge in [-0.05, 0) is 52.9 Å². The Morgan fingerprint density at radius 2 is 1.96 bits per heavy atom. The molecule has 0 amide bonds. The first-order valence-electron chi connectivity index (χ1n) is 7.76. The molecule has 2 aromatic heterocycles. The van der Waals surface area contributed by atoms with Crippen LogP contribution in [-0.2, 0) is 15.6 Å². The maximum Gasteiger partial charge on any atom is 0.175 e. The molecule has 27 heavy (non-hydrogen) atoms. The lowest BCUT2D eigenvalue weighted by Crippen LogP contribution is -2.03. The molecule has 2 heterocycles. The summed E-state index contributed by atoms with van der Waals surface area (Å²) in [5.74, 6) is 1.10. The molecule has 4 aromatic rings. The van der Waals surface area contributed by atoms with Crippen LogP contribution in [0.25, 0.3) is 16.7 Å². The van der Waals surface area contributed by atoms with Gasteiger partial charge < -0.3 is 4.98 Å². The van der Waals surface area contributed by atoms with Gasteiger partial charge in [0.1, 0.15) is 0 Å². The number of hydrogen-bond donors (Lipinski definition) is 1. The van der Waals surface area contributed by atoms with Crippen LogP contribution in [0.2, 0.25) is 5.02 Å². The molecule has 0 aliphatic carbocycles. The molecule has 0 atom stereocenters. The minimum absolute atomic E-state index is 0.246. The van der Waals surface area contributed by atoms with Crippen LogP contribution < -0.4 is 0 Å². The number of thioether (sulfide) groups is 1. The summed E-state index contributed by atoms with van der Waals surface area (Å²) < 4.78 is 24.7. The second kappa shape index (κ2) is 6.95. The van der Waals surface area contributed by atoms with Crippen molar-refractivity contribution in [2.45, 2.75) is 15.8 Å². The number of nitrogens with zero attached hydrogens (tertiary/aromatic N) is 5. The van der Waals surface area contributed by atoms with Crippen molar-refractivity contribution in [2.75, 3.05) is 6.26 Å². The molecular formula is C16H13ClN6O2S2. The summed E-state index contributed by atoms with van der Waals surface area (Å²) in [7, 11) is -3.25. The Hall–Kier alpha value is -2.43. The molecular weight excluding hydrogens is 408 g/mol. The Morgan fingerprint density at radius 3 is 2.70 bits per heavy atom. The van der Waals surface area contributed by atoms with E-state index in [4.69, 9.17) is 11.6 Å². The van der Waals surface area contributed by atoms with E-state index < -0.39 is 9.84 Å². The van der Waals surface area contributed by atoms with Gasteiger partial charge in [0.25, 0.3) is 0 Å². The molecule has 0 aliphatic rings. The Labute approximate surface area is 163 Å². The molecule has 0 aliphatic heterocycles. The zero-order valence-corrected chi connectivity index (χ0v) is 16.4. The third-order valence-electron chi connectivity index (χ3n) is 3.80. The molecule has 0 saturated heterocycles. The number of aromatic nitrogens is 6. The van der Waals surface area contributed by atoms with Crippen LogP contribution in [0.15, 0.2) is 52.5 Å². The minimum Gasteiger partial charge on any atom is -0.333 e. The maximum atomic E-state index is 11.6. The van der Waals surface area contributed by atoms with Crippen LogP contribution in [0.1, 0.15) is 5.82 Å². The molecule has 4 rings (SSSR count). The van der Waals surface area contributed by atoms with Crippen molar-refractivity contribution in [1.82, 2.24) is 30.2 Å². The molecule has 0 spiro atoms. The fraction of sp³-hybridized carbons (Fsp3) is 0.125. The maximum absolute atomic E-state index is 11.6. The molecule has 2 aromatic carbocycles. The van der Waals surface area contributed by atoms with Gasteiger partial charge in [-0.3, -0.25) is 0 Å². The second-order valence-corrected chi connectivity index (χ2v) is 9.18. The highest BCUT2D eigenvalue weighted by Gasteiger charge is 2.12. The summed E-state index contributed by atoms with van der Waals surface area (Å²) in [5, 5.41) is 13.1. The first-order chi connectivity index (χ1) is 12.9. The summed E-state index contributed by atoms with van der Waals surface area (Å²) >= 11 is 7.45. The number of H-pyrrole nitrogens is 1. The fourth-order valence-electron chi connectivity index (χ4n) is 2.49. The third kappa shape index (κ3) is 3.82. The lowest BCUT2D eigenvalue weighted by atomic mass is 10.3. The monoisotopic (exact) mass is 420 g/mol. The third-order valence-corrected chi connectivity index (χ3v) is 6.04. The van der Waals surface area contributed by atoms with E-state index in [-0.39, 0.29) is 4.90 Å². The molecule has 0 fully saturated rings. The largest absolute Gasteiger partial charge is 0.333 e. The van der Waals surface area contributed by atoms with E-state index in [1.54, 1.807) is 22.9 Å². The van der Waals surface area contributed by atoms with Crippen molar-refractivity contribution >= 4 is 44.2 Å². The van der Waals surface area contributed by atoms with E-state index in [0.717, 1.165) is 16.2 Å². The van der Waals surface area contributed by atoms with Gasteiger partial charge in [-0.15, -0.1) is 5.10 Å². The Bertz CT molecular complexity index is 1220. The molecule has 8 nitrogen and oxygen atoms in total. The number of rotatable bonds is 5. The lowest BCUT2D eigenvalue weighted by Gasteiger charge is -2.05. The molecule has 11 heteroatoms. The molecule has 0 bridgehead atoms. The van der Waals surface area contributed by atoms with Gasteiger partial charge in [-0.2, -0.15) is 4.68 Å². The SMILES string of the molecule is CS(=O)(=O)c1ccc(-n2nnnc2CSc2nc3ccc(Cl)cc3[nH]2)cc1. The van der Waals surface area contributed by atoms with Gasteiger partial charge in [0.2, 0.25) is 0 Å². The van der Waals surface area contributed by atoms with Crippen molar-refractivity contribution in [1.29, 1.82) is 0 Å². The summed E-state index contributed by atoms with van der Waals surface area (Å²) in [6.07, 6.45) is 1.17. The van der Waals surface area contributed by atoms with Crippen molar-refractivity contribution in [3.05, 3.63) is 53.3 Å². The molecule has 138 valence electrons. The standard InChI is InChI=1S/C16H13ClN6O2S2/c1-27(24,25)12-5-3-11(4-6-12)23-15(20-21-22-23)9-26-16-18-13-7-2-10(17)8-14(13)19-16/h2-8H,9H2,1H3,(H,18,19). The van der Waals surface area contributed by atoms with Crippen molar-refractivity contribution in [2.24, 2.45) is 0 Å². The molecule has 0 saturated carbocycles. The number of imidazole rings is 1. The fourth-order valence-corrected chi connectivity index (χ4v) is 4.08. The van der Waals surface area contributed by atoms with Gasteiger partial charge in [-0.1, -0.05) is 23.4 Å². The van der Waals surface area contributed by atoms with Gasteiger partial charge in [0, 0.05) is 11.3 Å². The first kappa shape index (κ1) is 18.0. The van der Waals surface area contributed by atoms with E-state index in [1.165, 1.54) is 30.2 Å². The van der Waals surface area contributed by atoms with Crippen LogP contribution in [-0.4, -0.2) is 44.8 Å². The number of sulfone groups is 1. The van der Waals surface area contributed by atoms with E-state index in [9.17, 15) is 8.42 Å². The van der Waals surface area contributed by atoms with Crippen molar-refractivity contribution in [3.63, 3.8) is 0 Å². The highest BCUT2D eigenvalue weighted by atomic mass is 35.5. The van der Waals surface area contributed by atoms with E-state index in [2.05, 4.69) is 25.5 Å². The topological polar surface area (TPSA) is 106 Å². The van der Waals surface area contributed by atoms with E-state index in [0.29, 0.717) is 22.3 Å². The van der Waals surface area contributed by atoms with E-state index >= 15 is 0 Å². The lowest BCUT2D eigenvalue weighted by molar-refractivity contribution is 0.602. The summed E-state index contributed by atoms with van der Waals surface area (Å²) in [6, 6.07) is 11.9. The normalized spacial score (nSPS) is 11.9. The van der Waals surface area contributed by atoms with Gasteiger partial charge >= 0.3 is 0 Å².